The van der Waals surface area contributed by atoms with Crippen LogP contribution in [0.1, 0.15) is 75.2 Å². The minimum Gasteiger partial charge on any atom is -0.378 e. The fraction of sp³-hybridized carbons (Fsp3) is 0.654. The average molecular weight is 469 g/mol. The van der Waals surface area contributed by atoms with Gasteiger partial charge in [-0.2, -0.15) is 0 Å². The molecule has 2 aromatic rings. The normalized spacial score (nSPS) is 19.9. The number of amides is 2. The number of carbonyl (C=O) groups excluding carboxylic acids is 1. The Morgan fingerprint density at radius 1 is 1.06 bits per heavy atom. The maximum absolute atomic E-state index is 13.0. The Morgan fingerprint density at radius 3 is 2.38 bits per heavy atom. The topological polar surface area (TPSA) is 75.5 Å². The van der Waals surface area contributed by atoms with E-state index >= 15 is 0 Å². The molecule has 0 bridgehead atoms. The van der Waals surface area contributed by atoms with Gasteiger partial charge in [0, 0.05) is 44.2 Å². The van der Waals surface area contributed by atoms with E-state index in [4.69, 9.17) is 4.74 Å². The van der Waals surface area contributed by atoms with Crippen LogP contribution in [0.2, 0.25) is 0 Å². The number of aromatic nitrogens is 3. The lowest BCUT2D eigenvalue weighted by Gasteiger charge is -2.39. The number of carbonyl (C=O) groups is 1. The summed E-state index contributed by atoms with van der Waals surface area (Å²) in [6.07, 6.45) is 3.08. The molecule has 2 saturated heterocycles. The van der Waals surface area contributed by atoms with E-state index in [0.717, 1.165) is 49.6 Å². The van der Waals surface area contributed by atoms with Crippen LogP contribution >= 0.6 is 0 Å². The molecule has 2 aliphatic heterocycles. The molecule has 4 rings (SSSR count). The summed E-state index contributed by atoms with van der Waals surface area (Å²) in [5, 5.41) is 12.1. The number of hydrogen-bond donors (Lipinski definition) is 1. The van der Waals surface area contributed by atoms with Crippen molar-refractivity contribution in [1.29, 1.82) is 0 Å². The Balaban J connectivity index is 1.39. The molecular formula is C26H40N6O2. The summed E-state index contributed by atoms with van der Waals surface area (Å²) in [6, 6.07) is 11.2. The van der Waals surface area contributed by atoms with Gasteiger partial charge in [0.15, 0.2) is 0 Å². The van der Waals surface area contributed by atoms with Crippen LogP contribution in [-0.2, 0) is 4.74 Å². The van der Waals surface area contributed by atoms with E-state index in [-0.39, 0.29) is 12.1 Å². The van der Waals surface area contributed by atoms with Gasteiger partial charge in [-0.15, -0.1) is 10.2 Å². The van der Waals surface area contributed by atoms with Crippen LogP contribution in [0.4, 0.5) is 4.79 Å². The summed E-state index contributed by atoms with van der Waals surface area (Å²) >= 11 is 0. The van der Waals surface area contributed by atoms with Crippen molar-refractivity contribution in [2.24, 2.45) is 0 Å². The Bertz CT molecular complexity index is 917. The Morgan fingerprint density at radius 2 is 1.74 bits per heavy atom. The summed E-state index contributed by atoms with van der Waals surface area (Å²) < 4.78 is 7.77. The summed E-state index contributed by atoms with van der Waals surface area (Å²) in [5.74, 6) is 2.49. The first-order valence-electron chi connectivity index (χ1n) is 12.8. The van der Waals surface area contributed by atoms with E-state index in [1.54, 1.807) is 0 Å². The van der Waals surface area contributed by atoms with E-state index in [9.17, 15) is 4.79 Å². The number of nitrogens with one attached hydrogen (secondary N) is 1. The molecule has 2 aliphatic rings. The molecule has 1 aromatic heterocycles. The zero-order valence-corrected chi connectivity index (χ0v) is 21.1. The molecule has 2 fully saturated rings. The van der Waals surface area contributed by atoms with Crippen molar-refractivity contribution < 1.29 is 9.53 Å². The average Bonchev–Trinajstić information content (AvgIpc) is 3.26. The number of urea groups is 1. The van der Waals surface area contributed by atoms with Gasteiger partial charge in [-0.25, -0.2) is 4.79 Å². The third-order valence-corrected chi connectivity index (χ3v) is 7.27. The second-order valence-electron chi connectivity index (χ2n) is 9.99. The zero-order valence-electron chi connectivity index (χ0n) is 21.1. The first-order valence-corrected chi connectivity index (χ1v) is 12.8. The monoisotopic (exact) mass is 468 g/mol. The van der Waals surface area contributed by atoms with E-state index in [0.29, 0.717) is 44.3 Å². The summed E-state index contributed by atoms with van der Waals surface area (Å²) in [5.41, 5.74) is 1.16. The van der Waals surface area contributed by atoms with Crippen molar-refractivity contribution >= 4 is 6.03 Å². The molecule has 1 unspecified atom stereocenters. The van der Waals surface area contributed by atoms with Gasteiger partial charge < -0.3 is 24.4 Å². The molecule has 0 aliphatic carbocycles. The summed E-state index contributed by atoms with van der Waals surface area (Å²) in [7, 11) is 0. The molecular weight excluding hydrogens is 428 g/mol. The number of rotatable bonds is 7. The van der Waals surface area contributed by atoms with Crippen molar-refractivity contribution in [3.05, 3.63) is 47.5 Å². The quantitative estimate of drug-likeness (QED) is 0.667. The molecule has 8 heteroatoms. The van der Waals surface area contributed by atoms with E-state index in [1.807, 2.05) is 23.1 Å². The fourth-order valence-electron chi connectivity index (χ4n) is 5.28. The van der Waals surface area contributed by atoms with Gasteiger partial charge in [0.2, 0.25) is 0 Å². The first-order chi connectivity index (χ1) is 16.4. The number of benzene rings is 1. The highest BCUT2D eigenvalue weighted by atomic mass is 16.5. The lowest BCUT2D eigenvalue weighted by atomic mass is 9.96. The molecule has 0 saturated carbocycles. The molecule has 186 valence electrons. The van der Waals surface area contributed by atoms with Gasteiger partial charge in [-0.3, -0.25) is 0 Å². The van der Waals surface area contributed by atoms with Crippen LogP contribution in [0.15, 0.2) is 30.3 Å². The smallest absolute Gasteiger partial charge is 0.318 e. The Hall–Kier alpha value is -2.45. The molecule has 0 radical (unpaired) electrons. The maximum Gasteiger partial charge on any atom is 0.318 e. The largest absolute Gasteiger partial charge is 0.378 e. The van der Waals surface area contributed by atoms with Crippen molar-refractivity contribution in [1.82, 2.24) is 29.9 Å². The predicted octanol–water partition coefficient (Wildman–Crippen LogP) is 3.91. The van der Waals surface area contributed by atoms with Crippen LogP contribution in [0.3, 0.4) is 0 Å². The third kappa shape index (κ3) is 5.78. The molecule has 2 amide bonds. The van der Waals surface area contributed by atoms with Gasteiger partial charge in [0.05, 0.1) is 19.3 Å². The minimum absolute atomic E-state index is 0.00681. The predicted molar refractivity (Wildman–Crippen MR) is 133 cm³/mol. The van der Waals surface area contributed by atoms with Crippen LogP contribution in [0, 0.1) is 6.92 Å². The van der Waals surface area contributed by atoms with E-state index in [1.165, 1.54) is 0 Å². The SMILES string of the molecule is Cc1nnc(C(C)C)n1C1CCN(C(C)C[C@H](NC(=O)N2CCOCC2)c2ccccc2)CC1. The fourth-order valence-corrected chi connectivity index (χ4v) is 5.28. The van der Waals surface area contributed by atoms with Crippen LogP contribution in [-0.4, -0.2) is 76.0 Å². The van der Waals surface area contributed by atoms with Crippen molar-refractivity contribution in [2.75, 3.05) is 39.4 Å². The minimum atomic E-state index is -0.0168. The highest BCUT2D eigenvalue weighted by Gasteiger charge is 2.29. The van der Waals surface area contributed by atoms with Crippen LogP contribution in [0.25, 0.3) is 0 Å². The molecule has 1 N–H and O–H groups in total. The number of piperidine rings is 1. The van der Waals surface area contributed by atoms with E-state index < -0.39 is 0 Å². The molecule has 0 spiro atoms. The number of nitrogens with zero attached hydrogens (tertiary/aromatic N) is 5. The molecule has 1 aromatic carbocycles. The lowest BCUT2D eigenvalue weighted by molar-refractivity contribution is 0.0519. The lowest BCUT2D eigenvalue weighted by Crippen LogP contribution is -2.48. The zero-order chi connectivity index (χ0) is 24.1. The van der Waals surface area contributed by atoms with Crippen LogP contribution < -0.4 is 5.32 Å². The van der Waals surface area contributed by atoms with Crippen molar-refractivity contribution in [2.45, 2.75) is 71.0 Å². The van der Waals surface area contributed by atoms with E-state index in [2.05, 4.69) is 64.8 Å². The first kappa shape index (κ1) is 24.7. The Kier molecular flexibility index (Phi) is 8.21. The molecule has 3 heterocycles. The van der Waals surface area contributed by atoms with Crippen molar-refractivity contribution in [3.8, 4) is 0 Å². The number of hydrogen-bond acceptors (Lipinski definition) is 5. The number of likely N-dealkylation sites (tertiary alicyclic amines) is 1. The van der Waals surface area contributed by atoms with Gasteiger partial charge in [0.25, 0.3) is 0 Å². The summed E-state index contributed by atoms with van der Waals surface area (Å²) in [6.45, 7) is 13.3. The molecule has 2 atom stereocenters. The van der Waals surface area contributed by atoms with Gasteiger partial charge >= 0.3 is 6.03 Å². The highest BCUT2D eigenvalue weighted by Crippen LogP contribution is 2.30. The second-order valence-corrected chi connectivity index (χ2v) is 9.99. The van der Waals surface area contributed by atoms with Gasteiger partial charge in [-0.1, -0.05) is 44.2 Å². The van der Waals surface area contributed by atoms with Gasteiger partial charge in [-0.05, 0) is 38.7 Å². The number of aryl methyl sites for hydroxylation is 1. The molecule has 8 nitrogen and oxygen atoms in total. The summed E-state index contributed by atoms with van der Waals surface area (Å²) in [4.78, 5) is 17.4. The van der Waals surface area contributed by atoms with Crippen molar-refractivity contribution in [3.63, 3.8) is 0 Å². The van der Waals surface area contributed by atoms with Gasteiger partial charge in [0.1, 0.15) is 11.6 Å². The number of morpholine rings is 1. The number of ether oxygens (including phenoxy) is 1. The standard InChI is InChI=1S/C26H40N6O2/c1-19(2)25-29-28-21(4)32(25)23-10-12-30(13-11-23)20(3)18-24(22-8-6-5-7-9-22)27-26(33)31-14-16-34-17-15-31/h5-9,19-20,23-24H,10-18H2,1-4H3,(H,27,33)/t20?,24-/m0/s1. The third-order valence-electron chi connectivity index (χ3n) is 7.27. The highest BCUT2D eigenvalue weighted by molar-refractivity contribution is 5.74. The maximum atomic E-state index is 13.0. The second kappa shape index (κ2) is 11.3. The van der Waals surface area contributed by atoms with Crippen LogP contribution in [0.5, 0.6) is 0 Å². The molecule has 34 heavy (non-hydrogen) atoms. The Labute approximate surface area is 203 Å².